The second kappa shape index (κ2) is 15.8. The van der Waals surface area contributed by atoms with Crippen LogP contribution in [0.15, 0.2) is 72.8 Å². The van der Waals surface area contributed by atoms with Gasteiger partial charge in [-0.05, 0) is 48.2 Å². The minimum atomic E-state index is -0.869. The summed E-state index contributed by atoms with van der Waals surface area (Å²) in [7, 11) is 0. The molecule has 12 heteroatoms. The van der Waals surface area contributed by atoms with Crippen LogP contribution >= 0.6 is 0 Å². The van der Waals surface area contributed by atoms with Gasteiger partial charge >= 0.3 is 5.97 Å². The molecular formula is C34H40N4O8. The fraction of sp³-hybridized carbons (Fsp3) is 0.412. The van der Waals surface area contributed by atoms with Crippen molar-refractivity contribution in [2.75, 3.05) is 42.9 Å². The van der Waals surface area contributed by atoms with Crippen molar-refractivity contribution < 1.29 is 34.2 Å². The second-order valence-corrected chi connectivity index (χ2v) is 11.7. The van der Waals surface area contributed by atoms with E-state index >= 15 is 0 Å². The lowest BCUT2D eigenvalue weighted by molar-refractivity contribution is -0.384. The van der Waals surface area contributed by atoms with Crippen LogP contribution in [0, 0.1) is 10.1 Å². The second-order valence-electron chi connectivity index (χ2n) is 11.7. The first-order valence-electron chi connectivity index (χ1n) is 15.6. The van der Waals surface area contributed by atoms with Gasteiger partial charge in [0.05, 0.1) is 23.7 Å². The molecule has 5 rings (SSSR count). The van der Waals surface area contributed by atoms with Crippen LogP contribution < -0.4 is 10.2 Å². The van der Waals surface area contributed by atoms with Gasteiger partial charge in [0, 0.05) is 81.1 Å². The third-order valence-corrected chi connectivity index (χ3v) is 8.36. The fourth-order valence-electron chi connectivity index (χ4n) is 5.84. The number of non-ortho nitro benzene ring substituents is 1. The van der Waals surface area contributed by atoms with Gasteiger partial charge in [-0.3, -0.25) is 24.6 Å². The van der Waals surface area contributed by atoms with Crippen molar-refractivity contribution in [1.82, 2.24) is 4.90 Å². The van der Waals surface area contributed by atoms with E-state index in [1.165, 1.54) is 12.1 Å². The van der Waals surface area contributed by atoms with Crippen LogP contribution in [0.2, 0.25) is 0 Å². The number of piperazine rings is 1. The summed E-state index contributed by atoms with van der Waals surface area (Å²) in [6.45, 7) is 3.86. The number of carboxylic acid groups (broad SMARTS) is 1. The van der Waals surface area contributed by atoms with Crippen molar-refractivity contribution in [3.05, 3.63) is 99.6 Å². The highest BCUT2D eigenvalue weighted by atomic mass is 16.7. The summed E-state index contributed by atoms with van der Waals surface area (Å²) < 4.78 is 13.0. The normalized spacial score (nSPS) is 20.3. The van der Waals surface area contributed by atoms with E-state index in [0.717, 1.165) is 48.6 Å². The fourth-order valence-corrected chi connectivity index (χ4v) is 5.84. The van der Waals surface area contributed by atoms with Crippen LogP contribution in [0.4, 0.5) is 17.1 Å². The number of carboxylic acids is 1. The predicted molar refractivity (Wildman–Crippen MR) is 171 cm³/mol. The topological polar surface area (TPSA) is 155 Å². The number of carbonyl (C=O) groups is 2. The van der Waals surface area contributed by atoms with Gasteiger partial charge in [0.2, 0.25) is 5.91 Å². The van der Waals surface area contributed by atoms with Crippen LogP contribution in [0.3, 0.4) is 0 Å². The molecule has 2 heterocycles. The molecule has 0 aliphatic carbocycles. The highest BCUT2D eigenvalue weighted by molar-refractivity contribution is 5.90. The quantitative estimate of drug-likeness (QED) is 0.133. The summed E-state index contributed by atoms with van der Waals surface area (Å²) in [6.07, 6.45) is 0.803. The Morgan fingerprint density at radius 3 is 2.30 bits per heavy atom. The molecule has 0 aromatic heterocycles. The summed E-state index contributed by atoms with van der Waals surface area (Å²) in [6, 6.07) is 21.8. The van der Waals surface area contributed by atoms with Crippen LogP contribution in [-0.2, 0) is 25.7 Å². The largest absolute Gasteiger partial charge is 0.481 e. The Kier molecular flexibility index (Phi) is 11.3. The zero-order valence-electron chi connectivity index (χ0n) is 25.6. The number of aliphatic hydroxyl groups excluding tert-OH is 1. The number of nitrogens with zero attached hydrogens (tertiary/aromatic N) is 3. The molecule has 0 bridgehead atoms. The van der Waals surface area contributed by atoms with E-state index in [4.69, 9.17) is 14.6 Å². The number of aliphatic hydroxyl groups is 1. The summed E-state index contributed by atoms with van der Waals surface area (Å²) in [5, 5.41) is 32.2. The molecule has 0 spiro atoms. The average molecular weight is 633 g/mol. The number of hydrogen-bond acceptors (Lipinski definition) is 9. The third kappa shape index (κ3) is 9.10. The zero-order valence-corrected chi connectivity index (χ0v) is 25.6. The highest BCUT2D eigenvalue weighted by Gasteiger charge is 2.34. The molecule has 3 aromatic rings. The maximum atomic E-state index is 12.5. The molecule has 2 aliphatic heterocycles. The van der Waals surface area contributed by atoms with Crippen molar-refractivity contribution in [3.8, 4) is 0 Å². The van der Waals surface area contributed by atoms with Gasteiger partial charge in [0.25, 0.3) is 5.69 Å². The Labute approximate surface area is 267 Å². The van der Waals surface area contributed by atoms with Gasteiger partial charge in [-0.2, -0.15) is 0 Å². The van der Waals surface area contributed by atoms with Gasteiger partial charge in [-0.15, -0.1) is 0 Å². The van der Waals surface area contributed by atoms with Crippen LogP contribution in [0.25, 0.3) is 0 Å². The number of anilines is 2. The Hall–Kier alpha value is -4.36. The number of nitro groups is 1. The number of hydrogen-bond donors (Lipinski definition) is 3. The highest BCUT2D eigenvalue weighted by Crippen LogP contribution is 2.39. The Morgan fingerprint density at radius 2 is 1.63 bits per heavy atom. The van der Waals surface area contributed by atoms with E-state index < -0.39 is 17.2 Å². The first-order valence-corrected chi connectivity index (χ1v) is 15.6. The monoisotopic (exact) mass is 632 g/mol. The summed E-state index contributed by atoms with van der Waals surface area (Å²) in [5.41, 5.74) is 4.24. The number of aliphatic carboxylic acids is 1. The first kappa shape index (κ1) is 33.0. The first-order chi connectivity index (χ1) is 22.3. The molecule has 0 unspecified atom stereocenters. The van der Waals surface area contributed by atoms with E-state index in [1.54, 1.807) is 18.2 Å². The predicted octanol–water partition coefficient (Wildman–Crippen LogP) is 5.04. The lowest BCUT2D eigenvalue weighted by atomic mass is 9.99. The number of nitrogens with one attached hydrogen (secondary N) is 1. The number of unbranched alkanes of at least 4 members (excludes halogenated alkanes) is 1. The van der Waals surface area contributed by atoms with Gasteiger partial charge < -0.3 is 29.9 Å². The molecule has 0 radical (unpaired) electrons. The molecule has 2 saturated heterocycles. The SMILES string of the molecule is O=C(O)CCCCC(=O)Nc1cccc([C@@H]2O[C@H](CN3CCN(c4ccc([N+](=O)[O-])cc4)CC3)C[C@H](c3ccc(CO)cc3)O2)c1. The minimum absolute atomic E-state index is 0.0376. The molecule has 1 amide bonds. The number of nitro benzene ring substituents is 1. The van der Waals surface area contributed by atoms with Crippen LogP contribution in [-0.4, -0.2) is 70.7 Å². The van der Waals surface area contributed by atoms with Crippen molar-refractivity contribution >= 4 is 28.9 Å². The maximum Gasteiger partial charge on any atom is 0.303 e. The van der Waals surface area contributed by atoms with E-state index in [-0.39, 0.29) is 43.3 Å². The summed E-state index contributed by atoms with van der Waals surface area (Å²) in [4.78, 5) is 38.4. The smallest absolute Gasteiger partial charge is 0.303 e. The summed E-state index contributed by atoms with van der Waals surface area (Å²) in [5.74, 6) is -1.05. The molecule has 12 nitrogen and oxygen atoms in total. The number of rotatable bonds is 13. The minimum Gasteiger partial charge on any atom is -0.481 e. The van der Waals surface area contributed by atoms with Gasteiger partial charge in [0.1, 0.15) is 0 Å². The number of amides is 1. The Balaban J connectivity index is 1.24. The van der Waals surface area contributed by atoms with E-state index in [9.17, 15) is 24.8 Å². The van der Waals surface area contributed by atoms with Crippen LogP contribution in [0.1, 0.15) is 61.2 Å². The Morgan fingerprint density at radius 1 is 0.913 bits per heavy atom. The molecule has 3 atom stereocenters. The van der Waals surface area contributed by atoms with E-state index in [1.807, 2.05) is 42.5 Å². The van der Waals surface area contributed by atoms with E-state index in [0.29, 0.717) is 31.5 Å². The lowest BCUT2D eigenvalue weighted by Gasteiger charge is -2.41. The van der Waals surface area contributed by atoms with Gasteiger partial charge in [-0.1, -0.05) is 36.4 Å². The lowest BCUT2D eigenvalue weighted by Crippen LogP contribution is -2.49. The molecule has 0 saturated carbocycles. The molecular weight excluding hydrogens is 592 g/mol. The average Bonchev–Trinajstić information content (AvgIpc) is 3.07. The molecule has 2 fully saturated rings. The van der Waals surface area contributed by atoms with Crippen molar-refractivity contribution in [1.29, 1.82) is 0 Å². The number of benzene rings is 3. The molecule has 2 aliphatic rings. The molecule has 3 N–H and O–H groups in total. The van der Waals surface area contributed by atoms with Crippen molar-refractivity contribution in [2.45, 2.75) is 57.2 Å². The van der Waals surface area contributed by atoms with Gasteiger partial charge in [0.15, 0.2) is 6.29 Å². The Bertz CT molecular complexity index is 1480. The maximum absolute atomic E-state index is 12.5. The summed E-state index contributed by atoms with van der Waals surface area (Å²) >= 11 is 0. The number of ether oxygens (including phenoxy) is 2. The van der Waals surface area contributed by atoms with Crippen molar-refractivity contribution in [3.63, 3.8) is 0 Å². The third-order valence-electron chi connectivity index (χ3n) is 8.36. The standard InChI is InChI=1S/C34H40N4O8/c39-23-24-8-10-25(11-9-24)31-21-30(22-36-16-18-37(19-17-36)28-12-14-29(15-13-28)38(43)44)45-34(46-31)26-4-3-5-27(20-26)35-32(40)6-1-2-7-33(41)42/h3-5,8-15,20,30-31,34,39H,1-2,6-7,16-19,21-23H2,(H,35,40)(H,41,42)/t30-,31+,34+/m0/s1. The molecule has 46 heavy (non-hydrogen) atoms. The van der Waals surface area contributed by atoms with Crippen LogP contribution in [0.5, 0.6) is 0 Å². The zero-order chi connectivity index (χ0) is 32.5. The molecule has 3 aromatic carbocycles. The van der Waals surface area contributed by atoms with Gasteiger partial charge in [-0.25, -0.2) is 0 Å². The van der Waals surface area contributed by atoms with E-state index in [2.05, 4.69) is 15.1 Å². The molecule has 244 valence electrons. The van der Waals surface area contributed by atoms with Crippen molar-refractivity contribution in [2.24, 2.45) is 0 Å². The number of carbonyl (C=O) groups excluding carboxylic acids is 1.